The van der Waals surface area contributed by atoms with Crippen LogP contribution in [0.5, 0.6) is 0 Å². The Hall–Kier alpha value is -1.99. The molecule has 0 amide bonds. The highest BCUT2D eigenvalue weighted by Crippen LogP contribution is 2.18. The molecule has 0 aromatic heterocycles. The lowest BCUT2D eigenvalue weighted by Crippen LogP contribution is -2.13. The molecule has 0 heterocycles. The van der Waals surface area contributed by atoms with Crippen molar-refractivity contribution in [1.29, 1.82) is 0 Å². The molecule has 112 valence electrons. The van der Waals surface area contributed by atoms with Crippen LogP contribution in [0.2, 0.25) is 0 Å². The highest BCUT2D eigenvalue weighted by atomic mass is 32.2. The van der Waals surface area contributed by atoms with Gasteiger partial charge < -0.3 is 5.32 Å². The molecule has 7 heteroatoms. The van der Waals surface area contributed by atoms with Crippen LogP contribution < -0.4 is 10.0 Å². The van der Waals surface area contributed by atoms with Crippen LogP contribution in [0.15, 0.2) is 47.4 Å². The van der Waals surface area contributed by atoms with Crippen LogP contribution in [0.25, 0.3) is 0 Å². The monoisotopic (exact) mass is 312 g/mol. The van der Waals surface area contributed by atoms with E-state index < -0.39 is 21.7 Å². The Labute approximate surface area is 121 Å². The van der Waals surface area contributed by atoms with Crippen molar-refractivity contribution in [3.05, 3.63) is 59.7 Å². The second-order valence-electron chi connectivity index (χ2n) is 4.41. The van der Waals surface area contributed by atoms with E-state index in [1.54, 1.807) is 31.3 Å². The number of nitrogens with one attached hydrogen (secondary N) is 2. The van der Waals surface area contributed by atoms with Gasteiger partial charge in [-0.05, 0) is 42.9 Å². The molecule has 0 fully saturated rings. The molecule has 2 aromatic carbocycles. The number of rotatable bonds is 5. The third kappa shape index (κ3) is 3.77. The number of anilines is 1. The van der Waals surface area contributed by atoms with Gasteiger partial charge in [0, 0.05) is 12.2 Å². The smallest absolute Gasteiger partial charge is 0.261 e. The molecular weight excluding hydrogens is 298 g/mol. The van der Waals surface area contributed by atoms with E-state index in [-0.39, 0.29) is 4.90 Å². The van der Waals surface area contributed by atoms with E-state index in [1.165, 1.54) is 0 Å². The lowest BCUT2D eigenvalue weighted by molar-refractivity contribution is 0.504. The molecule has 0 aliphatic carbocycles. The first kappa shape index (κ1) is 15.4. The van der Waals surface area contributed by atoms with E-state index >= 15 is 0 Å². The van der Waals surface area contributed by atoms with E-state index in [9.17, 15) is 17.2 Å². The summed E-state index contributed by atoms with van der Waals surface area (Å²) in [6.45, 7) is 0.663. The van der Waals surface area contributed by atoms with Crippen LogP contribution >= 0.6 is 0 Å². The van der Waals surface area contributed by atoms with Gasteiger partial charge in [0.25, 0.3) is 10.0 Å². The van der Waals surface area contributed by atoms with E-state index in [4.69, 9.17) is 0 Å². The average molecular weight is 312 g/mol. The maximum Gasteiger partial charge on any atom is 0.261 e. The van der Waals surface area contributed by atoms with Crippen molar-refractivity contribution >= 4 is 15.7 Å². The van der Waals surface area contributed by atoms with E-state index in [0.717, 1.165) is 17.7 Å². The van der Waals surface area contributed by atoms with Gasteiger partial charge in [0.15, 0.2) is 11.6 Å². The summed E-state index contributed by atoms with van der Waals surface area (Å²) in [5.41, 5.74) is 1.34. The fourth-order valence-corrected chi connectivity index (χ4v) is 2.82. The molecule has 0 unspecified atom stereocenters. The quantitative estimate of drug-likeness (QED) is 0.892. The Balaban J connectivity index is 2.22. The van der Waals surface area contributed by atoms with Gasteiger partial charge >= 0.3 is 0 Å². The minimum atomic E-state index is -3.95. The molecule has 4 nitrogen and oxygen atoms in total. The molecule has 21 heavy (non-hydrogen) atoms. The predicted molar refractivity (Wildman–Crippen MR) is 76.4 cm³/mol. The molecule has 0 spiro atoms. The number of hydrogen-bond donors (Lipinski definition) is 2. The normalized spacial score (nSPS) is 11.4. The highest BCUT2D eigenvalue weighted by molar-refractivity contribution is 7.92. The first-order chi connectivity index (χ1) is 9.92. The molecule has 0 aliphatic heterocycles. The maximum atomic E-state index is 13.1. The summed E-state index contributed by atoms with van der Waals surface area (Å²) in [6.07, 6.45) is 0. The van der Waals surface area contributed by atoms with Crippen LogP contribution in [0, 0.1) is 11.6 Å². The van der Waals surface area contributed by atoms with Gasteiger partial charge in [-0.3, -0.25) is 4.72 Å². The lowest BCUT2D eigenvalue weighted by Gasteiger charge is -2.09. The Morgan fingerprint density at radius 2 is 1.67 bits per heavy atom. The summed E-state index contributed by atoms with van der Waals surface area (Å²) >= 11 is 0. The van der Waals surface area contributed by atoms with Gasteiger partial charge in [0.2, 0.25) is 0 Å². The molecule has 0 radical (unpaired) electrons. The van der Waals surface area contributed by atoms with Crippen molar-refractivity contribution in [2.24, 2.45) is 0 Å². The zero-order valence-corrected chi connectivity index (χ0v) is 12.0. The summed E-state index contributed by atoms with van der Waals surface area (Å²) in [5.74, 6) is -2.30. The molecule has 0 saturated heterocycles. The summed E-state index contributed by atoms with van der Waals surface area (Å²) in [6, 6.07) is 9.16. The van der Waals surface area contributed by atoms with Crippen molar-refractivity contribution in [2.45, 2.75) is 11.4 Å². The average Bonchev–Trinajstić information content (AvgIpc) is 2.44. The van der Waals surface area contributed by atoms with Gasteiger partial charge in [0.05, 0.1) is 4.90 Å². The highest BCUT2D eigenvalue weighted by Gasteiger charge is 2.16. The molecule has 2 N–H and O–H groups in total. The van der Waals surface area contributed by atoms with Crippen molar-refractivity contribution < 1.29 is 17.2 Å². The molecule has 0 aliphatic rings. The third-order valence-electron chi connectivity index (χ3n) is 2.79. The third-order valence-corrected chi connectivity index (χ3v) is 4.17. The van der Waals surface area contributed by atoms with Gasteiger partial charge in [-0.1, -0.05) is 12.1 Å². The first-order valence-electron chi connectivity index (χ1n) is 6.14. The maximum absolute atomic E-state index is 13.1. The van der Waals surface area contributed by atoms with E-state index in [0.29, 0.717) is 18.3 Å². The van der Waals surface area contributed by atoms with Crippen molar-refractivity contribution in [3.63, 3.8) is 0 Å². The Kier molecular flexibility index (Phi) is 4.54. The molecule has 0 saturated carbocycles. The SMILES string of the molecule is CNCc1ccc(NS(=O)(=O)c2ccc(F)c(F)c2)cc1. The first-order valence-corrected chi connectivity index (χ1v) is 7.62. The number of hydrogen-bond acceptors (Lipinski definition) is 3. The van der Waals surface area contributed by atoms with Crippen LogP contribution in [-0.2, 0) is 16.6 Å². The summed E-state index contributed by atoms with van der Waals surface area (Å²) in [4.78, 5) is -0.333. The van der Waals surface area contributed by atoms with Crippen LogP contribution in [0.3, 0.4) is 0 Å². The summed E-state index contributed by atoms with van der Waals surface area (Å²) < 4.78 is 52.4. The van der Waals surface area contributed by atoms with Crippen molar-refractivity contribution in [3.8, 4) is 0 Å². The Morgan fingerprint density at radius 1 is 1.00 bits per heavy atom. The van der Waals surface area contributed by atoms with Crippen molar-refractivity contribution in [1.82, 2.24) is 5.32 Å². The minimum absolute atomic E-state index is 0.333. The molecule has 0 atom stereocenters. The fraction of sp³-hybridized carbons (Fsp3) is 0.143. The lowest BCUT2D eigenvalue weighted by atomic mass is 10.2. The van der Waals surface area contributed by atoms with Gasteiger partial charge in [-0.25, -0.2) is 17.2 Å². The van der Waals surface area contributed by atoms with Crippen LogP contribution in [-0.4, -0.2) is 15.5 Å². The number of sulfonamides is 1. The van der Waals surface area contributed by atoms with Crippen molar-refractivity contribution in [2.75, 3.05) is 11.8 Å². The van der Waals surface area contributed by atoms with E-state index in [2.05, 4.69) is 10.0 Å². The molecule has 2 rings (SSSR count). The zero-order chi connectivity index (χ0) is 15.5. The Bertz CT molecular complexity index is 731. The van der Waals surface area contributed by atoms with Crippen LogP contribution in [0.4, 0.5) is 14.5 Å². The Morgan fingerprint density at radius 3 is 2.24 bits per heavy atom. The second kappa shape index (κ2) is 6.19. The zero-order valence-electron chi connectivity index (χ0n) is 11.2. The van der Waals surface area contributed by atoms with Gasteiger partial charge in [-0.15, -0.1) is 0 Å². The largest absolute Gasteiger partial charge is 0.316 e. The number of benzene rings is 2. The van der Waals surface area contributed by atoms with Gasteiger partial charge in [-0.2, -0.15) is 0 Å². The molecule has 0 bridgehead atoms. The van der Waals surface area contributed by atoms with Gasteiger partial charge in [0.1, 0.15) is 0 Å². The summed E-state index contributed by atoms with van der Waals surface area (Å²) in [7, 11) is -2.14. The second-order valence-corrected chi connectivity index (χ2v) is 6.09. The van der Waals surface area contributed by atoms with Crippen LogP contribution in [0.1, 0.15) is 5.56 Å². The fourth-order valence-electron chi connectivity index (χ4n) is 1.75. The summed E-state index contributed by atoms with van der Waals surface area (Å²) in [5, 5.41) is 2.97. The topological polar surface area (TPSA) is 58.2 Å². The minimum Gasteiger partial charge on any atom is -0.316 e. The van der Waals surface area contributed by atoms with E-state index in [1.807, 2.05) is 0 Å². The molecular formula is C14H14F2N2O2S. The standard InChI is InChI=1S/C14H14F2N2O2S/c1-17-9-10-2-4-11(5-3-10)18-21(19,20)12-6-7-13(15)14(16)8-12/h2-8,17-18H,9H2,1H3. The predicted octanol–water partition coefficient (Wildman–Crippen LogP) is 2.49. The molecule has 2 aromatic rings. The number of halogens is 2.